The highest BCUT2D eigenvalue weighted by Crippen LogP contribution is 2.47. The molecular weight excluding hydrogens is 266 g/mol. The van der Waals surface area contributed by atoms with Crippen molar-refractivity contribution in [2.45, 2.75) is 37.5 Å². The number of hydrogen-bond donors (Lipinski definition) is 2. The van der Waals surface area contributed by atoms with Crippen LogP contribution in [-0.2, 0) is 15.0 Å². The maximum atomic E-state index is 12.2. The Morgan fingerprint density at radius 1 is 1.14 bits per heavy atom. The van der Waals surface area contributed by atoms with Crippen LogP contribution in [0.15, 0.2) is 30.3 Å². The molecule has 21 heavy (non-hydrogen) atoms. The highest BCUT2D eigenvalue weighted by atomic mass is 16.4. The molecule has 2 fully saturated rings. The summed E-state index contributed by atoms with van der Waals surface area (Å²) in [5.41, 5.74) is 1.40. The molecular formula is C17H21NO3. The summed E-state index contributed by atoms with van der Waals surface area (Å²) in [5.74, 6) is -1.21. The van der Waals surface area contributed by atoms with Crippen molar-refractivity contribution in [3.63, 3.8) is 0 Å². The van der Waals surface area contributed by atoms with Gasteiger partial charge in [-0.15, -0.1) is 0 Å². The van der Waals surface area contributed by atoms with Gasteiger partial charge < -0.3 is 10.4 Å². The first-order valence-electron chi connectivity index (χ1n) is 7.67. The van der Waals surface area contributed by atoms with Gasteiger partial charge in [-0.05, 0) is 37.7 Å². The van der Waals surface area contributed by atoms with Crippen molar-refractivity contribution in [2.24, 2.45) is 11.8 Å². The van der Waals surface area contributed by atoms with Gasteiger partial charge in [-0.3, -0.25) is 9.59 Å². The van der Waals surface area contributed by atoms with Gasteiger partial charge in [0, 0.05) is 17.9 Å². The lowest BCUT2D eigenvalue weighted by Crippen LogP contribution is -2.36. The van der Waals surface area contributed by atoms with Crippen LogP contribution in [0.5, 0.6) is 0 Å². The van der Waals surface area contributed by atoms with Crippen molar-refractivity contribution < 1.29 is 14.7 Å². The zero-order valence-electron chi connectivity index (χ0n) is 12.0. The van der Waals surface area contributed by atoms with Crippen LogP contribution in [0, 0.1) is 11.8 Å². The quantitative estimate of drug-likeness (QED) is 0.873. The van der Waals surface area contributed by atoms with E-state index in [-0.39, 0.29) is 23.2 Å². The topological polar surface area (TPSA) is 66.4 Å². The molecule has 1 aromatic rings. The van der Waals surface area contributed by atoms with Gasteiger partial charge in [0.2, 0.25) is 5.91 Å². The number of amides is 1. The molecule has 0 aromatic heterocycles. The lowest BCUT2D eigenvalue weighted by atomic mass is 9.95. The smallest absolute Gasteiger partial charge is 0.306 e. The number of carbonyl (C=O) groups is 2. The van der Waals surface area contributed by atoms with Gasteiger partial charge in [0.25, 0.3) is 0 Å². The molecule has 0 heterocycles. The molecule has 4 heteroatoms. The molecule has 4 nitrogen and oxygen atoms in total. The van der Waals surface area contributed by atoms with E-state index in [0.717, 1.165) is 12.8 Å². The third-order valence-electron chi connectivity index (χ3n) is 4.99. The first-order chi connectivity index (χ1) is 10.1. The SMILES string of the molecule is O=C(O)[C@@H]1CC[C@H](C(=O)NCC2(c3ccccc3)CC2)C1. The minimum Gasteiger partial charge on any atom is -0.481 e. The molecule has 3 rings (SSSR count). The summed E-state index contributed by atoms with van der Waals surface area (Å²) in [4.78, 5) is 23.2. The van der Waals surface area contributed by atoms with Crippen LogP contribution in [-0.4, -0.2) is 23.5 Å². The van der Waals surface area contributed by atoms with Gasteiger partial charge in [-0.2, -0.15) is 0 Å². The predicted molar refractivity (Wildman–Crippen MR) is 78.8 cm³/mol. The van der Waals surface area contributed by atoms with E-state index in [4.69, 9.17) is 5.11 Å². The molecule has 2 atom stereocenters. The van der Waals surface area contributed by atoms with Gasteiger partial charge in [0.1, 0.15) is 0 Å². The minimum atomic E-state index is -0.770. The molecule has 0 radical (unpaired) electrons. The fourth-order valence-corrected chi connectivity index (χ4v) is 3.35. The highest BCUT2D eigenvalue weighted by Gasteiger charge is 2.44. The lowest BCUT2D eigenvalue weighted by Gasteiger charge is -2.18. The maximum absolute atomic E-state index is 12.2. The number of carboxylic acids is 1. The molecule has 0 aliphatic heterocycles. The Morgan fingerprint density at radius 2 is 1.81 bits per heavy atom. The monoisotopic (exact) mass is 287 g/mol. The molecule has 1 aromatic carbocycles. The van der Waals surface area contributed by atoms with E-state index in [1.165, 1.54) is 5.56 Å². The van der Waals surface area contributed by atoms with Crippen LogP contribution in [0.2, 0.25) is 0 Å². The van der Waals surface area contributed by atoms with E-state index in [1.54, 1.807) is 0 Å². The molecule has 2 aliphatic rings. The van der Waals surface area contributed by atoms with Gasteiger partial charge >= 0.3 is 5.97 Å². The van der Waals surface area contributed by atoms with Crippen LogP contribution in [0.3, 0.4) is 0 Å². The number of rotatable bonds is 5. The molecule has 0 unspecified atom stereocenters. The van der Waals surface area contributed by atoms with Crippen LogP contribution >= 0.6 is 0 Å². The van der Waals surface area contributed by atoms with Crippen molar-refractivity contribution >= 4 is 11.9 Å². The summed E-state index contributed by atoms with van der Waals surface area (Å²) in [5, 5.41) is 12.1. The Kier molecular flexibility index (Phi) is 3.70. The minimum absolute atomic E-state index is 0.0287. The van der Waals surface area contributed by atoms with E-state index in [0.29, 0.717) is 25.8 Å². The van der Waals surface area contributed by atoms with E-state index in [2.05, 4.69) is 17.4 Å². The zero-order valence-corrected chi connectivity index (χ0v) is 12.0. The van der Waals surface area contributed by atoms with Crippen LogP contribution in [0.25, 0.3) is 0 Å². The van der Waals surface area contributed by atoms with E-state index in [9.17, 15) is 9.59 Å². The Labute approximate surface area is 124 Å². The first-order valence-corrected chi connectivity index (χ1v) is 7.67. The van der Waals surface area contributed by atoms with Crippen molar-refractivity contribution in [2.75, 3.05) is 6.54 Å². The molecule has 1 amide bonds. The Balaban J connectivity index is 1.54. The average molecular weight is 287 g/mol. The molecule has 2 aliphatic carbocycles. The lowest BCUT2D eigenvalue weighted by molar-refractivity contribution is -0.141. The summed E-state index contributed by atoms with van der Waals surface area (Å²) in [6, 6.07) is 10.3. The molecule has 0 saturated heterocycles. The third-order valence-corrected chi connectivity index (χ3v) is 4.99. The second kappa shape index (κ2) is 5.51. The largest absolute Gasteiger partial charge is 0.481 e. The summed E-state index contributed by atoms with van der Waals surface area (Å²) < 4.78 is 0. The fraction of sp³-hybridized carbons (Fsp3) is 0.529. The van der Waals surface area contributed by atoms with Crippen LogP contribution in [0.1, 0.15) is 37.7 Å². The number of carbonyl (C=O) groups excluding carboxylic acids is 1. The Bertz CT molecular complexity index is 536. The predicted octanol–water partition coefficient (Wildman–Crippen LogP) is 2.34. The number of benzene rings is 1. The van der Waals surface area contributed by atoms with Crippen molar-refractivity contribution in [1.29, 1.82) is 0 Å². The molecule has 112 valence electrons. The third kappa shape index (κ3) is 2.94. The fourth-order valence-electron chi connectivity index (χ4n) is 3.35. The van der Waals surface area contributed by atoms with E-state index >= 15 is 0 Å². The number of carboxylic acid groups (broad SMARTS) is 1. The highest BCUT2D eigenvalue weighted by molar-refractivity contribution is 5.81. The van der Waals surface area contributed by atoms with Crippen LogP contribution in [0.4, 0.5) is 0 Å². The maximum Gasteiger partial charge on any atom is 0.306 e. The first kappa shape index (κ1) is 14.1. The van der Waals surface area contributed by atoms with E-state index in [1.807, 2.05) is 18.2 Å². The average Bonchev–Trinajstić information content (AvgIpc) is 3.12. The van der Waals surface area contributed by atoms with Gasteiger partial charge in [-0.1, -0.05) is 30.3 Å². The number of aliphatic carboxylic acids is 1. The van der Waals surface area contributed by atoms with Gasteiger partial charge in [0.15, 0.2) is 0 Å². The van der Waals surface area contributed by atoms with Gasteiger partial charge in [0.05, 0.1) is 5.92 Å². The molecule has 0 spiro atoms. The molecule has 0 bridgehead atoms. The summed E-state index contributed by atoms with van der Waals surface area (Å²) in [6.45, 7) is 0.671. The zero-order chi connectivity index (χ0) is 14.9. The van der Waals surface area contributed by atoms with Crippen molar-refractivity contribution in [1.82, 2.24) is 5.32 Å². The second-order valence-corrected chi connectivity index (χ2v) is 6.41. The van der Waals surface area contributed by atoms with Crippen molar-refractivity contribution in [3.8, 4) is 0 Å². The van der Waals surface area contributed by atoms with Gasteiger partial charge in [-0.25, -0.2) is 0 Å². The number of hydrogen-bond acceptors (Lipinski definition) is 2. The van der Waals surface area contributed by atoms with E-state index < -0.39 is 5.97 Å². The summed E-state index contributed by atoms with van der Waals surface area (Å²) in [7, 11) is 0. The van der Waals surface area contributed by atoms with Crippen molar-refractivity contribution in [3.05, 3.63) is 35.9 Å². The molecule has 2 saturated carbocycles. The standard InChI is InChI=1S/C17H21NO3/c19-15(12-6-7-13(10-12)16(20)21)18-11-17(8-9-17)14-4-2-1-3-5-14/h1-5,12-13H,6-11H2,(H,18,19)(H,20,21)/t12-,13+/m0/s1. The molecule has 2 N–H and O–H groups in total. The van der Waals surface area contributed by atoms with Crippen LogP contribution < -0.4 is 5.32 Å². The summed E-state index contributed by atoms with van der Waals surface area (Å²) in [6.07, 6.45) is 4.03. The Hall–Kier alpha value is -1.84. The summed E-state index contributed by atoms with van der Waals surface area (Å²) >= 11 is 0. The normalized spacial score (nSPS) is 26.3. The Morgan fingerprint density at radius 3 is 2.38 bits per heavy atom. The number of nitrogens with one attached hydrogen (secondary N) is 1. The second-order valence-electron chi connectivity index (χ2n) is 6.41.